The molecular weight excluding hydrogens is 206 g/mol. The Morgan fingerprint density at radius 3 is 2.81 bits per heavy atom. The number of hydrogen-bond acceptors (Lipinski definition) is 4. The van der Waals surface area contributed by atoms with E-state index < -0.39 is 5.91 Å². The lowest BCUT2D eigenvalue weighted by Gasteiger charge is -1.98. The molecule has 1 aromatic rings. The van der Waals surface area contributed by atoms with Gasteiger partial charge in [-0.2, -0.15) is 0 Å². The van der Waals surface area contributed by atoms with Crippen LogP contribution in [0.4, 0.5) is 5.82 Å². The molecule has 0 radical (unpaired) electrons. The van der Waals surface area contributed by atoms with Gasteiger partial charge in [-0.15, -0.1) is 0 Å². The normalized spacial score (nSPS) is 12.6. The number of aliphatic imine (C=N–C) groups is 1. The fraction of sp³-hybridized carbons (Fsp3) is 0.182. The molecule has 3 N–H and O–H groups in total. The molecule has 0 aliphatic rings. The fourth-order valence-corrected chi connectivity index (χ4v) is 1.06. The number of aliphatic hydroxyl groups is 1. The van der Waals surface area contributed by atoms with Gasteiger partial charge in [0.05, 0.1) is 5.57 Å². The predicted octanol–water partition coefficient (Wildman–Crippen LogP) is 1.41. The number of carbonyl (C=O) groups excluding carboxylic acids is 1. The van der Waals surface area contributed by atoms with E-state index >= 15 is 0 Å². The Bertz CT molecular complexity index is 460. The second-order valence-corrected chi connectivity index (χ2v) is 3.31. The first-order valence-corrected chi connectivity index (χ1v) is 4.67. The number of allylic oxidation sites excluding steroid dienone is 1. The lowest BCUT2D eigenvalue weighted by molar-refractivity contribution is -0.114. The van der Waals surface area contributed by atoms with E-state index in [9.17, 15) is 9.90 Å². The van der Waals surface area contributed by atoms with Crippen molar-refractivity contribution in [3.63, 3.8) is 0 Å². The standard InChI is InChI=1S/C11H13N3O2/c1-7-3-4-13-10(5-7)14-6-9(8(2)15)11(12)16/h3-6,15H,1-2H3,(H2,12,16)/b9-8+,14-6?. The number of aromatic nitrogens is 1. The quantitative estimate of drug-likeness (QED) is 0.457. The van der Waals surface area contributed by atoms with E-state index in [1.807, 2.05) is 13.0 Å². The number of nitrogens with two attached hydrogens (primary N) is 1. The highest BCUT2D eigenvalue weighted by Gasteiger charge is 2.05. The number of nitrogens with zero attached hydrogens (tertiary/aromatic N) is 2. The number of aryl methyl sites for hydroxylation is 1. The number of pyridine rings is 1. The van der Waals surface area contributed by atoms with Crippen molar-refractivity contribution in [1.82, 2.24) is 4.98 Å². The number of hydrogen-bond donors (Lipinski definition) is 2. The highest BCUT2D eigenvalue weighted by atomic mass is 16.3. The minimum Gasteiger partial charge on any atom is -0.512 e. The van der Waals surface area contributed by atoms with Crippen LogP contribution in [0.25, 0.3) is 0 Å². The Labute approximate surface area is 93.3 Å². The van der Waals surface area contributed by atoms with Crippen molar-refractivity contribution < 1.29 is 9.90 Å². The summed E-state index contributed by atoms with van der Waals surface area (Å²) in [4.78, 5) is 18.9. The zero-order valence-electron chi connectivity index (χ0n) is 9.14. The van der Waals surface area contributed by atoms with E-state index in [2.05, 4.69) is 9.98 Å². The van der Waals surface area contributed by atoms with Gasteiger partial charge in [-0.05, 0) is 31.5 Å². The smallest absolute Gasteiger partial charge is 0.253 e. The second-order valence-electron chi connectivity index (χ2n) is 3.31. The molecule has 5 nitrogen and oxygen atoms in total. The predicted molar refractivity (Wildman–Crippen MR) is 61.6 cm³/mol. The SMILES string of the molecule is C/C(O)=C(/C=Nc1cc(C)ccn1)C(N)=O. The van der Waals surface area contributed by atoms with Crippen LogP contribution >= 0.6 is 0 Å². The molecule has 0 aliphatic carbocycles. The van der Waals surface area contributed by atoms with Crippen LogP contribution in [0.15, 0.2) is 34.7 Å². The Kier molecular flexibility index (Phi) is 3.77. The topological polar surface area (TPSA) is 88.6 Å². The molecule has 5 heteroatoms. The summed E-state index contributed by atoms with van der Waals surface area (Å²) in [6.45, 7) is 3.28. The van der Waals surface area contributed by atoms with Crippen molar-refractivity contribution in [2.24, 2.45) is 10.7 Å². The molecule has 0 aromatic carbocycles. The Morgan fingerprint density at radius 1 is 1.62 bits per heavy atom. The first-order chi connectivity index (χ1) is 7.50. The zero-order valence-corrected chi connectivity index (χ0v) is 9.14. The van der Waals surface area contributed by atoms with Gasteiger partial charge in [0.1, 0.15) is 5.76 Å². The van der Waals surface area contributed by atoms with Gasteiger partial charge < -0.3 is 10.8 Å². The van der Waals surface area contributed by atoms with Crippen molar-refractivity contribution in [3.05, 3.63) is 35.2 Å². The molecule has 16 heavy (non-hydrogen) atoms. The second kappa shape index (κ2) is 5.06. The van der Waals surface area contributed by atoms with Crippen LogP contribution in [-0.4, -0.2) is 22.2 Å². The van der Waals surface area contributed by atoms with Gasteiger partial charge >= 0.3 is 0 Å². The summed E-state index contributed by atoms with van der Waals surface area (Å²) in [6.07, 6.45) is 2.82. The van der Waals surface area contributed by atoms with Gasteiger partial charge in [0, 0.05) is 12.4 Å². The van der Waals surface area contributed by atoms with E-state index in [4.69, 9.17) is 5.73 Å². The Balaban J connectivity index is 2.96. The van der Waals surface area contributed by atoms with Crippen LogP contribution in [0.3, 0.4) is 0 Å². The van der Waals surface area contributed by atoms with Gasteiger partial charge in [0.15, 0.2) is 5.82 Å². The van der Waals surface area contributed by atoms with Gasteiger partial charge in [-0.25, -0.2) is 9.98 Å². The van der Waals surface area contributed by atoms with Crippen LogP contribution in [-0.2, 0) is 4.79 Å². The van der Waals surface area contributed by atoms with Gasteiger partial charge in [0.2, 0.25) is 0 Å². The highest BCUT2D eigenvalue weighted by Crippen LogP contribution is 2.09. The molecule has 0 saturated carbocycles. The maximum Gasteiger partial charge on any atom is 0.253 e. The molecule has 0 bridgehead atoms. The molecule has 84 valence electrons. The van der Waals surface area contributed by atoms with Crippen molar-refractivity contribution in [3.8, 4) is 0 Å². The third kappa shape index (κ3) is 3.20. The summed E-state index contributed by atoms with van der Waals surface area (Å²) in [5.41, 5.74) is 6.05. The van der Waals surface area contributed by atoms with E-state index in [0.717, 1.165) is 5.56 Å². The summed E-state index contributed by atoms with van der Waals surface area (Å²) in [5.74, 6) is -0.430. The summed E-state index contributed by atoms with van der Waals surface area (Å²) < 4.78 is 0. The molecule has 0 unspecified atom stereocenters. The third-order valence-electron chi connectivity index (χ3n) is 1.88. The van der Waals surface area contributed by atoms with Gasteiger partial charge in [-0.3, -0.25) is 4.79 Å². The average molecular weight is 219 g/mol. The minimum absolute atomic E-state index is 0.0247. The number of rotatable bonds is 3. The number of primary amides is 1. The first-order valence-electron chi connectivity index (χ1n) is 4.67. The lowest BCUT2D eigenvalue weighted by Crippen LogP contribution is -2.16. The molecule has 1 amide bonds. The zero-order chi connectivity index (χ0) is 12.1. The molecule has 1 aromatic heterocycles. The van der Waals surface area contributed by atoms with E-state index in [0.29, 0.717) is 5.82 Å². The summed E-state index contributed by atoms with van der Waals surface area (Å²) >= 11 is 0. The van der Waals surface area contributed by atoms with Crippen LogP contribution in [0.1, 0.15) is 12.5 Å². The number of carbonyl (C=O) groups is 1. The number of amides is 1. The van der Waals surface area contributed by atoms with Crippen molar-refractivity contribution >= 4 is 17.9 Å². The molecule has 0 saturated heterocycles. The molecule has 0 fully saturated rings. The van der Waals surface area contributed by atoms with Crippen molar-refractivity contribution in [2.45, 2.75) is 13.8 Å². The van der Waals surface area contributed by atoms with Crippen LogP contribution in [0.2, 0.25) is 0 Å². The molecule has 1 heterocycles. The molecule has 0 spiro atoms. The van der Waals surface area contributed by atoms with E-state index in [-0.39, 0.29) is 11.3 Å². The monoisotopic (exact) mass is 219 g/mol. The Hall–Kier alpha value is -2.17. The van der Waals surface area contributed by atoms with Crippen LogP contribution in [0.5, 0.6) is 0 Å². The maximum atomic E-state index is 10.9. The van der Waals surface area contributed by atoms with Gasteiger partial charge in [0.25, 0.3) is 5.91 Å². The third-order valence-corrected chi connectivity index (χ3v) is 1.88. The lowest BCUT2D eigenvalue weighted by atomic mass is 10.2. The molecule has 0 aliphatic heterocycles. The van der Waals surface area contributed by atoms with Gasteiger partial charge in [-0.1, -0.05) is 0 Å². The van der Waals surface area contributed by atoms with Crippen molar-refractivity contribution in [2.75, 3.05) is 0 Å². The average Bonchev–Trinajstić information content (AvgIpc) is 2.16. The fourth-order valence-electron chi connectivity index (χ4n) is 1.06. The molecular formula is C11H13N3O2. The number of aliphatic hydroxyl groups excluding tert-OH is 1. The van der Waals surface area contributed by atoms with E-state index in [1.165, 1.54) is 13.1 Å². The maximum absolute atomic E-state index is 10.9. The van der Waals surface area contributed by atoms with E-state index in [1.54, 1.807) is 12.3 Å². The first kappa shape index (κ1) is 11.9. The Morgan fingerprint density at radius 2 is 2.31 bits per heavy atom. The minimum atomic E-state index is -0.726. The molecule has 0 atom stereocenters. The summed E-state index contributed by atoms with van der Waals surface area (Å²) in [6, 6.07) is 3.59. The van der Waals surface area contributed by atoms with Crippen LogP contribution < -0.4 is 5.73 Å². The largest absolute Gasteiger partial charge is 0.512 e. The van der Waals surface area contributed by atoms with Crippen LogP contribution in [0, 0.1) is 6.92 Å². The highest BCUT2D eigenvalue weighted by molar-refractivity contribution is 6.12. The molecule has 1 rings (SSSR count). The summed E-state index contributed by atoms with van der Waals surface area (Å²) in [7, 11) is 0. The van der Waals surface area contributed by atoms with Crippen molar-refractivity contribution in [1.29, 1.82) is 0 Å². The summed E-state index contributed by atoms with van der Waals surface area (Å²) in [5, 5.41) is 9.18.